The van der Waals surface area contributed by atoms with Crippen LogP contribution in [0.5, 0.6) is 0 Å². The van der Waals surface area contributed by atoms with E-state index in [0.29, 0.717) is 0 Å². The fourth-order valence-corrected chi connectivity index (χ4v) is 2.97. The van der Waals surface area contributed by atoms with Crippen LogP contribution in [0.25, 0.3) is 0 Å². The standard InChI is InChI=1S/C14H17BrO3S/c1-4-18-13(17)14(2,3)12(16)9-19-11-8-6-5-7-10(11)15/h5-8H,4,9H2,1-3H3. The van der Waals surface area contributed by atoms with Crippen molar-refractivity contribution >= 4 is 39.4 Å². The maximum absolute atomic E-state index is 12.1. The third kappa shape index (κ3) is 4.35. The van der Waals surface area contributed by atoms with Crippen molar-refractivity contribution < 1.29 is 14.3 Å². The zero-order valence-corrected chi connectivity index (χ0v) is 13.6. The molecule has 19 heavy (non-hydrogen) atoms. The summed E-state index contributed by atoms with van der Waals surface area (Å²) in [7, 11) is 0. The molecule has 0 saturated heterocycles. The predicted octanol–water partition coefficient (Wildman–Crippen LogP) is 3.70. The van der Waals surface area contributed by atoms with Gasteiger partial charge in [-0.3, -0.25) is 9.59 Å². The Labute approximate surface area is 126 Å². The number of hydrogen-bond acceptors (Lipinski definition) is 4. The fraction of sp³-hybridized carbons (Fsp3) is 0.429. The highest BCUT2D eigenvalue weighted by atomic mass is 79.9. The van der Waals surface area contributed by atoms with Crippen LogP contribution in [0, 0.1) is 5.41 Å². The summed E-state index contributed by atoms with van der Waals surface area (Å²) >= 11 is 4.84. The summed E-state index contributed by atoms with van der Waals surface area (Å²) in [5.41, 5.74) is -1.09. The van der Waals surface area contributed by atoms with Crippen molar-refractivity contribution in [2.75, 3.05) is 12.4 Å². The molecule has 0 unspecified atom stereocenters. The number of carbonyl (C=O) groups is 2. The van der Waals surface area contributed by atoms with Gasteiger partial charge >= 0.3 is 5.97 Å². The van der Waals surface area contributed by atoms with E-state index in [1.54, 1.807) is 20.8 Å². The molecule has 3 nitrogen and oxygen atoms in total. The smallest absolute Gasteiger partial charge is 0.319 e. The predicted molar refractivity (Wildman–Crippen MR) is 80.3 cm³/mol. The van der Waals surface area contributed by atoms with Gasteiger partial charge in [-0.2, -0.15) is 0 Å². The van der Waals surface area contributed by atoms with Crippen LogP contribution in [0.2, 0.25) is 0 Å². The monoisotopic (exact) mass is 344 g/mol. The van der Waals surface area contributed by atoms with Crippen molar-refractivity contribution in [3.8, 4) is 0 Å². The topological polar surface area (TPSA) is 43.4 Å². The van der Waals surface area contributed by atoms with Crippen molar-refractivity contribution in [1.82, 2.24) is 0 Å². The van der Waals surface area contributed by atoms with Crippen molar-refractivity contribution in [2.24, 2.45) is 5.41 Å². The average Bonchev–Trinajstić information content (AvgIpc) is 2.37. The lowest BCUT2D eigenvalue weighted by atomic mass is 9.89. The number of thioether (sulfide) groups is 1. The summed E-state index contributed by atoms with van der Waals surface area (Å²) in [6, 6.07) is 7.68. The highest BCUT2D eigenvalue weighted by Crippen LogP contribution is 2.29. The van der Waals surface area contributed by atoms with E-state index in [2.05, 4.69) is 15.9 Å². The molecule has 1 aromatic carbocycles. The lowest BCUT2D eigenvalue weighted by Crippen LogP contribution is -2.36. The quantitative estimate of drug-likeness (QED) is 0.448. The van der Waals surface area contributed by atoms with Crippen molar-refractivity contribution in [1.29, 1.82) is 0 Å². The van der Waals surface area contributed by atoms with Crippen LogP contribution in [0.15, 0.2) is 33.6 Å². The van der Waals surface area contributed by atoms with Gasteiger partial charge in [0, 0.05) is 9.37 Å². The molecule has 5 heteroatoms. The van der Waals surface area contributed by atoms with Gasteiger partial charge in [0.05, 0.1) is 12.4 Å². The summed E-state index contributed by atoms with van der Waals surface area (Å²) < 4.78 is 5.87. The molecular weight excluding hydrogens is 328 g/mol. The summed E-state index contributed by atoms with van der Waals surface area (Å²) in [4.78, 5) is 24.8. The zero-order chi connectivity index (χ0) is 14.5. The molecule has 0 bridgehead atoms. The lowest BCUT2D eigenvalue weighted by molar-refractivity contribution is -0.157. The Bertz CT molecular complexity index is 472. The Kier molecular flexibility index (Phi) is 6.07. The minimum Gasteiger partial charge on any atom is -0.465 e. The van der Waals surface area contributed by atoms with Crippen molar-refractivity contribution in [2.45, 2.75) is 25.7 Å². The molecule has 1 aromatic rings. The van der Waals surface area contributed by atoms with E-state index in [4.69, 9.17) is 4.74 Å². The third-order valence-corrected chi connectivity index (χ3v) is 4.71. The Hall–Kier alpha value is -0.810. The van der Waals surface area contributed by atoms with Crippen LogP contribution in [-0.4, -0.2) is 24.1 Å². The number of ether oxygens (including phenoxy) is 1. The Morgan fingerprint density at radius 1 is 1.32 bits per heavy atom. The number of esters is 1. The number of hydrogen-bond donors (Lipinski definition) is 0. The second-order valence-electron chi connectivity index (χ2n) is 4.49. The zero-order valence-electron chi connectivity index (χ0n) is 11.2. The molecule has 104 valence electrons. The molecule has 0 aromatic heterocycles. The first kappa shape index (κ1) is 16.2. The van der Waals surface area contributed by atoms with E-state index in [1.165, 1.54) is 11.8 Å². The van der Waals surface area contributed by atoms with Crippen LogP contribution >= 0.6 is 27.7 Å². The van der Waals surface area contributed by atoms with Gasteiger partial charge in [0.2, 0.25) is 0 Å². The van der Waals surface area contributed by atoms with Gasteiger partial charge in [0.25, 0.3) is 0 Å². The van der Waals surface area contributed by atoms with Crippen LogP contribution in [0.1, 0.15) is 20.8 Å². The molecule has 0 aliphatic rings. The second kappa shape index (κ2) is 7.10. The van der Waals surface area contributed by atoms with E-state index in [1.807, 2.05) is 24.3 Å². The highest BCUT2D eigenvalue weighted by Gasteiger charge is 2.36. The summed E-state index contributed by atoms with van der Waals surface area (Å²) in [5, 5.41) is 0. The molecule has 0 radical (unpaired) electrons. The third-order valence-electron chi connectivity index (χ3n) is 2.68. The molecule has 0 spiro atoms. The number of ketones is 1. The minimum atomic E-state index is -1.09. The molecule has 0 heterocycles. The molecule has 0 fully saturated rings. The first-order valence-corrected chi connectivity index (χ1v) is 7.75. The molecule has 0 aliphatic carbocycles. The summed E-state index contributed by atoms with van der Waals surface area (Å²) in [6.45, 7) is 5.23. The second-order valence-corrected chi connectivity index (χ2v) is 6.36. The van der Waals surface area contributed by atoms with E-state index < -0.39 is 11.4 Å². The molecule has 0 amide bonds. The lowest BCUT2D eigenvalue weighted by Gasteiger charge is -2.20. The molecule has 0 saturated carbocycles. The molecule has 0 aliphatic heterocycles. The van der Waals surface area contributed by atoms with Gasteiger partial charge in [0.15, 0.2) is 5.78 Å². The van der Waals surface area contributed by atoms with Crippen LogP contribution in [-0.2, 0) is 14.3 Å². The normalized spacial score (nSPS) is 11.2. The van der Waals surface area contributed by atoms with Gasteiger partial charge in [-0.15, -0.1) is 11.8 Å². The summed E-state index contributed by atoms with van der Waals surface area (Å²) in [6.07, 6.45) is 0. The largest absolute Gasteiger partial charge is 0.465 e. The summed E-state index contributed by atoms with van der Waals surface area (Å²) in [5.74, 6) is -0.353. The van der Waals surface area contributed by atoms with Gasteiger partial charge < -0.3 is 4.74 Å². The van der Waals surface area contributed by atoms with E-state index in [0.717, 1.165) is 9.37 Å². The van der Waals surface area contributed by atoms with Crippen LogP contribution in [0.3, 0.4) is 0 Å². The number of rotatable bonds is 6. The molecule has 0 atom stereocenters. The Balaban J connectivity index is 2.65. The van der Waals surface area contributed by atoms with Gasteiger partial charge in [0.1, 0.15) is 5.41 Å². The molecular formula is C14H17BrO3S. The van der Waals surface area contributed by atoms with Crippen LogP contribution in [0.4, 0.5) is 0 Å². The minimum absolute atomic E-state index is 0.133. The molecule has 1 rings (SSSR count). The van der Waals surface area contributed by atoms with E-state index in [9.17, 15) is 9.59 Å². The van der Waals surface area contributed by atoms with Gasteiger partial charge in [-0.25, -0.2) is 0 Å². The SMILES string of the molecule is CCOC(=O)C(C)(C)C(=O)CSc1ccccc1Br. The Morgan fingerprint density at radius 3 is 2.53 bits per heavy atom. The van der Waals surface area contributed by atoms with E-state index >= 15 is 0 Å². The van der Waals surface area contributed by atoms with Crippen molar-refractivity contribution in [3.63, 3.8) is 0 Å². The number of halogens is 1. The van der Waals surface area contributed by atoms with Gasteiger partial charge in [-0.05, 0) is 48.8 Å². The van der Waals surface area contributed by atoms with E-state index in [-0.39, 0.29) is 18.1 Å². The Morgan fingerprint density at radius 2 is 1.95 bits per heavy atom. The van der Waals surface area contributed by atoms with Gasteiger partial charge in [-0.1, -0.05) is 12.1 Å². The van der Waals surface area contributed by atoms with Crippen molar-refractivity contribution in [3.05, 3.63) is 28.7 Å². The highest BCUT2D eigenvalue weighted by molar-refractivity contribution is 9.10. The average molecular weight is 345 g/mol. The first-order valence-electron chi connectivity index (χ1n) is 5.97. The van der Waals surface area contributed by atoms with Crippen LogP contribution < -0.4 is 0 Å². The number of Topliss-reactive ketones (excluding diaryl/α,β-unsaturated/α-hetero) is 1. The maximum Gasteiger partial charge on any atom is 0.319 e. The fourth-order valence-electron chi connectivity index (χ4n) is 1.31. The maximum atomic E-state index is 12.1. The molecule has 0 N–H and O–H groups in total. The first-order chi connectivity index (χ1) is 8.89. The number of carbonyl (C=O) groups excluding carboxylic acids is 2. The number of benzene rings is 1.